The van der Waals surface area contributed by atoms with Crippen molar-refractivity contribution in [1.29, 1.82) is 0 Å². The molecule has 0 aliphatic carbocycles. The molecular weight excluding hydrogens is 371 g/mol. The predicted octanol–water partition coefficient (Wildman–Crippen LogP) is 5.55. The van der Waals surface area contributed by atoms with E-state index in [0.717, 1.165) is 17.0 Å². The summed E-state index contributed by atoms with van der Waals surface area (Å²) in [5.41, 5.74) is -0.309. The number of nitrogens with one attached hydrogen (secondary N) is 1. The van der Waals surface area contributed by atoms with Gasteiger partial charge in [0.2, 0.25) is 5.91 Å². The number of hydrogen-bond acceptors (Lipinski definition) is 2. The van der Waals surface area contributed by atoms with E-state index in [2.05, 4.69) is 5.32 Å². The molecule has 0 bridgehead atoms. The second kappa shape index (κ2) is 8.63. The number of benzene rings is 2. The van der Waals surface area contributed by atoms with E-state index in [9.17, 15) is 18.0 Å². The zero-order valence-corrected chi connectivity index (χ0v) is 15.0. The van der Waals surface area contributed by atoms with Crippen LogP contribution in [0.5, 0.6) is 0 Å². The number of carbonyl (C=O) groups excluding carboxylic acids is 1. The van der Waals surface area contributed by atoms with Crippen LogP contribution in [0.25, 0.3) is 0 Å². The Hall–Kier alpha value is -1.66. The molecule has 0 fully saturated rings. The van der Waals surface area contributed by atoms with Crippen LogP contribution in [-0.2, 0) is 17.5 Å². The number of thioether (sulfide) groups is 1. The summed E-state index contributed by atoms with van der Waals surface area (Å²) >= 11 is 7.24. The summed E-state index contributed by atoms with van der Waals surface area (Å²) in [5.74, 6) is -0.208. The number of rotatable bonds is 6. The number of amides is 1. The van der Waals surface area contributed by atoms with Gasteiger partial charge in [-0.15, -0.1) is 11.8 Å². The van der Waals surface area contributed by atoms with Crippen molar-refractivity contribution in [2.45, 2.75) is 36.2 Å². The first-order valence-electron chi connectivity index (χ1n) is 7.65. The van der Waals surface area contributed by atoms with Gasteiger partial charge in [0.15, 0.2) is 0 Å². The lowest BCUT2D eigenvalue weighted by atomic mass is 10.1. The molecule has 1 amide bonds. The summed E-state index contributed by atoms with van der Waals surface area (Å²) in [6, 6.07) is 12.1. The van der Waals surface area contributed by atoms with Crippen LogP contribution in [-0.4, -0.2) is 11.2 Å². The fourth-order valence-electron chi connectivity index (χ4n) is 2.16. The van der Waals surface area contributed by atoms with Crippen LogP contribution >= 0.6 is 23.4 Å². The molecule has 134 valence electrons. The lowest BCUT2D eigenvalue weighted by Gasteiger charge is -2.15. The van der Waals surface area contributed by atoms with E-state index in [-0.39, 0.29) is 17.7 Å². The number of halogens is 4. The van der Waals surface area contributed by atoms with E-state index < -0.39 is 11.7 Å². The van der Waals surface area contributed by atoms with Crippen LogP contribution in [0.4, 0.5) is 13.2 Å². The Kier molecular flexibility index (Phi) is 6.79. The van der Waals surface area contributed by atoms with Crippen molar-refractivity contribution in [1.82, 2.24) is 5.32 Å². The average Bonchev–Trinajstić information content (AvgIpc) is 2.58. The fourth-order valence-corrected chi connectivity index (χ4v) is 3.27. The van der Waals surface area contributed by atoms with E-state index in [0.29, 0.717) is 17.0 Å². The smallest absolute Gasteiger partial charge is 0.351 e. The molecule has 0 saturated carbocycles. The van der Waals surface area contributed by atoms with Gasteiger partial charge in [-0.2, -0.15) is 13.2 Å². The monoisotopic (exact) mass is 387 g/mol. The molecule has 1 N–H and O–H groups in total. The highest BCUT2D eigenvalue weighted by Gasteiger charge is 2.30. The van der Waals surface area contributed by atoms with Gasteiger partial charge < -0.3 is 5.32 Å². The molecule has 2 aromatic rings. The molecule has 0 heterocycles. The van der Waals surface area contributed by atoms with E-state index >= 15 is 0 Å². The van der Waals surface area contributed by atoms with Crippen LogP contribution < -0.4 is 5.32 Å². The maximum absolute atomic E-state index is 12.7. The highest BCUT2D eigenvalue weighted by molar-refractivity contribution is 8.00. The molecule has 0 aliphatic rings. The lowest BCUT2D eigenvalue weighted by Crippen LogP contribution is -2.31. The molecule has 0 aromatic heterocycles. The fraction of sp³-hybridized carbons (Fsp3) is 0.278. The quantitative estimate of drug-likeness (QED) is 0.659. The van der Waals surface area contributed by atoms with E-state index in [1.165, 1.54) is 17.8 Å². The summed E-state index contributed by atoms with van der Waals surface area (Å²) in [4.78, 5) is 13.2. The van der Waals surface area contributed by atoms with Crippen LogP contribution in [0.1, 0.15) is 24.5 Å². The van der Waals surface area contributed by atoms with Crippen LogP contribution in [0, 0.1) is 0 Å². The summed E-state index contributed by atoms with van der Waals surface area (Å²) in [6.07, 6.45) is -3.79. The average molecular weight is 388 g/mol. The van der Waals surface area contributed by atoms with Crippen LogP contribution in [0.15, 0.2) is 53.4 Å². The Morgan fingerprint density at radius 2 is 1.88 bits per heavy atom. The molecule has 0 spiro atoms. The van der Waals surface area contributed by atoms with Crippen molar-refractivity contribution >= 4 is 29.3 Å². The lowest BCUT2D eigenvalue weighted by molar-refractivity contribution is -0.137. The molecule has 1 atom stereocenters. The molecule has 25 heavy (non-hydrogen) atoms. The zero-order chi connectivity index (χ0) is 18.4. The van der Waals surface area contributed by atoms with Gasteiger partial charge in [-0.1, -0.05) is 30.7 Å². The molecule has 2 aromatic carbocycles. The van der Waals surface area contributed by atoms with Crippen molar-refractivity contribution < 1.29 is 18.0 Å². The van der Waals surface area contributed by atoms with Gasteiger partial charge in [0.1, 0.15) is 0 Å². The number of alkyl halides is 3. The third-order valence-electron chi connectivity index (χ3n) is 3.48. The Morgan fingerprint density at radius 3 is 2.48 bits per heavy atom. The third-order valence-corrected chi connectivity index (χ3v) is 5.10. The second-order valence-corrected chi connectivity index (χ2v) is 7.10. The predicted molar refractivity (Wildman–Crippen MR) is 94.7 cm³/mol. The minimum absolute atomic E-state index is 0.0560. The summed E-state index contributed by atoms with van der Waals surface area (Å²) in [7, 11) is 0. The van der Waals surface area contributed by atoms with Gasteiger partial charge in [-0.05, 0) is 48.4 Å². The molecule has 2 rings (SSSR count). The Labute approximate surface area is 153 Å². The van der Waals surface area contributed by atoms with Crippen LogP contribution in [0.3, 0.4) is 0 Å². The van der Waals surface area contributed by atoms with Crippen molar-refractivity contribution in [3.05, 3.63) is 64.7 Å². The van der Waals surface area contributed by atoms with Gasteiger partial charge in [-0.25, -0.2) is 0 Å². The first-order valence-corrected chi connectivity index (χ1v) is 8.91. The molecule has 2 nitrogen and oxygen atoms in total. The van der Waals surface area contributed by atoms with Crippen molar-refractivity contribution in [3.63, 3.8) is 0 Å². The SMILES string of the molecule is CC[C@H](Sc1ccc(Cl)cc1)C(=O)NCc1cccc(C(F)(F)F)c1. The standard InChI is InChI=1S/C18H17ClF3NOS/c1-2-16(25-15-8-6-14(19)7-9-15)17(24)23-11-12-4-3-5-13(10-12)18(20,21)22/h3-10,16H,2,11H2,1H3,(H,23,24)/t16-/m0/s1. The topological polar surface area (TPSA) is 29.1 Å². The van der Waals surface area contributed by atoms with Gasteiger partial charge in [-0.3, -0.25) is 4.79 Å². The van der Waals surface area contributed by atoms with Crippen molar-refractivity contribution in [2.75, 3.05) is 0 Å². The highest BCUT2D eigenvalue weighted by atomic mass is 35.5. The molecule has 0 unspecified atom stereocenters. The Bertz CT molecular complexity index is 719. The number of carbonyl (C=O) groups is 1. The first-order chi connectivity index (χ1) is 11.8. The van der Waals surface area contributed by atoms with Crippen molar-refractivity contribution in [3.8, 4) is 0 Å². The van der Waals surface area contributed by atoms with Crippen molar-refractivity contribution in [2.24, 2.45) is 0 Å². The minimum atomic E-state index is -4.39. The zero-order valence-electron chi connectivity index (χ0n) is 13.4. The summed E-state index contributed by atoms with van der Waals surface area (Å²) in [6.45, 7) is 1.94. The maximum atomic E-state index is 12.7. The number of hydrogen-bond donors (Lipinski definition) is 1. The molecule has 0 saturated heterocycles. The third kappa shape index (κ3) is 5.97. The Morgan fingerprint density at radius 1 is 1.20 bits per heavy atom. The normalized spacial score (nSPS) is 12.7. The first kappa shape index (κ1) is 19.7. The summed E-state index contributed by atoms with van der Waals surface area (Å²) in [5, 5.41) is 3.00. The van der Waals surface area contributed by atoms with E-state index in [1.54, 1.807) is 18.2 Å². The summed E-state index contributed by atoms with van der Waals surface area (Å²) < 4.78 is 38.2. The van der Waals surface area contributed by atoms with Gasteiger partial charge >= 0.3 is 6.18 Å². The van der Waals surface area contributed by atoms with Gasteiger partial charge in [0, 0.05) is 16.5 Å². The molecule has 0 radical (unpaired) electrons. The van der Waals surface area contributed by atoms with E-state index in [1.807, 2.05) is 19.1 Å². The van der Waals surface area contributed by atoms with Crippen LogP contribution in [0.2, 0.25) is 5.02 Å². The molecule has 0 aliphatic heterocycles. The minimum Gasteiger partial charge on any atom is -0.351 e. The second-order valence-electron chi connectivity index (χ2n) is 5.38. The highest BCUT2D eigenvalue weighted by Crippen LogP contribution is 2.30. The Balaban J connectivity index is 1.97. The van der Waals surface area contributed by atoms with Gasteiger partial charge in [0.05, 0.1) is 10.8 Å². The van der Waals surface area contributed by atoms with Gasteiger partial charge in [0.25, 0.3) is 0 Å². The maximum Gasteiger partial charge on any atom is 0.416 e. The molecular formula is C18H17ClF3NOS. The van der Waals surface area contributed by atoms with E-state index in [4.69, 9.17) is 11.6 Å². The molecule has 7 heteroatoms. The largest absolute Gasteiger partial charge is 0.416 e.